The first-order chi connectivity index (χ1) is 18.5. The Morgan fingerprint density at radius 3 is 2.27 bits per heavy atom. The standard InChI is InChI=1S/C20H27N3O3.2C2HF3O2/c1-15-19(16(2)26-22-15)11-23-8-4-6-20(14-23)9-18(13-25-20)24-12-17-5-3-7-21-10-17;2*3-2(4,5)1(6)7/h3,5,7,10,18H,4,6,8-9,11-14H2,1-2H3;2*(H,6,7)/t18-,20-;;/m0../s1. The van der Waals surface area contributed by atoms with Crippen LogP contribution in [0.3, 0.4) is 0 Å². The van der Waals surface area contributed by atoms with Crippen molar-refractivity contribution in [1.82, 2.24) is 15.0 Å². The first kappa shape index (κ1) is 33.0. The normalized spacial score (nSPS) is 21.2. The molecule has 4 rings (SSSR count). The fraction of sp³-hybridized carbons (Fsp3) is 0.583. The van der Waals surface area contributed by atoms with Gasteiger partial charge in [-0.3, -0.25) is 9.88 Å². The lowest BCUT2D eigenvalue weighted by Gasteiger charge is -2.39. The summed E-state index contributed by atoms with van der Waals surface area (Å²) in [7, 11) is 0. The molecular weight excluding hydrogens is 556 g/mol. The van der Waals surface area contributed by atoms with Gasteiger partial charge in [0.25, 0.3) is 0 Å². The number of pyridine rings is 1. The van der Waals surface area contributed by atoms with Gasteiger partial charge in [-0.05, 0) is 44.9 Å². The molecule has 2 aromatic heterocycles. The summed E-state index contributed by atoms with van der Waals surface area (Å²) < 4.78 is 81.1. The van der Waals surface area contributed by atoms with Crippen LogP contribution in [-0.4, -0.2) is 80.9 Å². The molecule has 224 valence electrons. The predicted molar refractivity (Wildman–Crippen MR) is 124 cm³/mol. The van der Waals surface area contributed by atoms with E-state index in [0.29, 0.717) is 13.2 Å². The number of rotatable bonds is 5. The Bertz CT molecular complexity index is 1070. The zero-order chi connectivity index (χ0) is 30.1. The van der Waals surface area contributed by atoms with E-state index in [1.807, 2.05) is 32.2 Å². The van der Waals surface area contributed by atoms with E-state index < -0.39 is 24.3 Å². The second-order valence-corrected chi connectivity index (χ2v) is 9.22. The van der Waals surface area contributed by atoms with Gasteiger partial charge in [0.15, 0.2) is 0 Å². The molecule has 0 saturated carbocycles. The number of likely N-dealkylation sites (tertiary alicyclic amines) is 1. The molecule has 1 spiro atoms. The summed E-state index contributed by atoms with van der Waals surface area (Å²) in [6.45, 7) is 8.21. The molecule has 0 amide bonds. The van der Waals surface area contributed by atoms with Gasteiger partial charge in [-0.15, -0.1) is 0 Å². The highest BCUT2D eigenvalue weighted by Crippen LogP contribution is 2.36. The van der Waals surface area contributed by atoms with Crippen molar-refractivity contribution in [3.8, 4) is 0 Å². The average Bonchev–Trinajstić information content (AvgIpc) is 3.40. The smallest absolute Gasteiger partial charge is 0.475 e. The van der Waals surface area contributed by atoms with Gasteiger partial charge in [-0.25, -0.2) is 9.59 Å². The number of alkyl halides is 6. The number of carboxylic acids is 2. The zero-order valence-electron chi connectivity index (χ0n) is 21.6. The summed E-state index contributed by atoms with van der Waals surface area (Å²) in [5, 5.41) is 18.3. The Morgan fingerprint density at radius 2 is 1.77 bits per heavy atom. The van der Waals surface area contributed by atoms with E-state index in [9.17, 15) is 26.3 Å². The number of carboxylic acid groups (broad SMARTS) is 2. The number of ether oxygens (including phenoxy) is 2. The van der Waals surface area contributed by atoms with Crippen molar-refractivity contribution in [3.05, 3.63) is 47.1 Å². The van der Waals surface area contributed by atoms with Crippen LogP contribution in [0.2, 0.25) is 0 Å². The Labute approximate surface area is 224 Å². The quantitative estimate of drug-likeness (QED) is 0.489. The van der Waals surface area contributed by atoms with Crippen molar-refractivity contribution in [2.45, 2.75) is 70.3 Å². The van der Waals surface area contributed by atoms with Crippen LogP contribution in [0.15, 0.2) is 29.0 Å². The third-order valence-corrected chi connectivity index (χ3v) is 6.05. The monoisotopic (exact) mass is 585 g/mol. The number of hydrogen-bond acceptors (Lipinski definition) is 8. The van der Waals surface area contributed by atoms with Crippen LogP contribution in [0.1, 0.15) is 41.8 Å². The summed E-state index contributed by atoms with van der Waals surface area (Å²) in [6.07, 6.45) is -3.14. The molecule has 0 bridgehead atoms. The van der Waals surface area contributed by atoms with E-state index in [1.54, 1.807) is 6.20 Å². The molecule has 16 heteroatoms. The topological polar surface area (TPSA) is 135 Å². The van der Waals surface area contributed by atoms with Crippen molar-refractivity contribution in [2.24, 2.45) is 0 Å². The number of halogens is 6. The molecule has 2 N–H and O–H groups in total. The number of carbonyl (C=O) groups is 2. The van der Waals surface area contributed by atoms with Gasteiger partial charge in [0.2, 0.25) is 0 Å². The Morgan fingerprint density at radius 1 is 1.15 bits per heavy atom. The van der Waals surface area contributed by atoms with Crippen molar-refractivity contribution in [1.29, 1.82) is 0 Å². The van der Waals surface area contributed by atoms with E-state index in [1.165, 1.54) is 5.56 Å². The highest BCUT2D eigenvalue weighted by Gasteiger charge is 2.44. The Hall–Kier alpha value is -3.24. The highest BCUT2D eigenvalue weighted by atomic mass is 19.4. The molecule has 2 aliphatic rings. The summed E-state index contributed by atoms with van der Waals surface area (Å²) in [5.41, 5.74) is 3.24. The van der Waals surface area contributed by atoms with Crippen LogP contribution in [0.5, 0.6) is 0 Å². The third kappa shape index (κ3) is 10.4. The SMILES string of the molecule is Cc1noc(C)c1CN1CCC[C@]2(C[C@H](OCc3cccnc3)CO2)C1.O=C(O)C(F)(F)F.O=C(O)C(F)(F)F. The lowest BCUT2D eigenvalue weighted by Crippen LogP contribution is -2.47. The number of aromatic nitrogens is 2. The van der Waals surface area contributed by atoms with Crippen LogP contribution in [0.25, 0.3) is 0 Å². The highest BCUT2D eigenvalue weighted by molar-refractivity contribution is 5.73. The number of piperidine rings is 1. The van der Waals surface area contributed by atoms with Gasteiger partial charge in [0, 0.05) is 37.5 Å². The lowest BCUT2D eigenvalue weighted by molar-refractivity contribution is -0.193. The third-order valence-electron chi connectivity index (χ3n) is 6.05. The van der Waals surface area contributed by atoms with Crippen LogP contribution in [0.4, 0.5) is 26.3 Å². The van der Waals surface area contributed by atoms with Gasteiger partial charge in [0.1, 0.15) is 5.76 Å². The van der Waals surface area contributed by atoms with Crippen molar-refractivity contribution in [3.63, 3.8) is 0 Å². The number of aliphatic carboxylic acids is 2. The summed E-state index contributed by atoms with van der Waals surface area (Å²) in [4.78, 5) is 24.4. The zero-order valence-corrected chi connectivity index (χ0v) is 21.6. The van der Waals surface area contributed by atoms with Crippen LogP contribution in [0, 0.1) is 13.8 Å². The first-order valence-electron chi connectivity index (χ1n) is 11.9. The fourth-order valence-corrected chi connectivity index (χ4v) is 4.17. The Kier molecular flexibility index (Phi) is 11.5. The predicted octanol–water partition coefficient (Wildman–Crippen LogP) is 4.29. The molecule has 0 radical (unpaired) electrons. The number of aryl methyl sites for hydroxylation is 2. The van der Waals surface area contributed by atoms with Crippen molar-refractivity contribution >= 4 is 11.9 Å². The number of nitrogens with zero attached hydrogens (tertiary/aromatic N) is 3. The minimum Gasteiger partial charge on any atom is -0.475 e. The first-order valence-corrected chi connectivity index (χ1v) is 11.9. The minimum absolute atomic E-state index is 0.0726. The second-order valence-electron chi connectivity index (χ2n) is 9.22. The van der Waals surface area contributed by atoms with Crippen molar-refractivity contribution < 1.29 is 60.1 Å². The molecule has 2 fully saturated rings. The maximum atomic E-state index is 10.6. The van der Waals surface area contributed by atoms with E-state index in [4.69, 9.17) is 33.8 Å². The summed E-state index contributed by atoms with van der Waals surface area (Å²) in [5.74, 6) is -4.59. The van der Waals surface area contributed by atoms with Crippen molar-refractivity contribution in [2.75, 3.05) is 19.7 Å². The van der Waals surface area contributed by atoms with E-state index >= 15 is 0 Å². The average molecular weight is 585 g/mol. The van der Waals surface area contributed by atoms with Gasteiger partial charge in [-0.1, -0.05) is 11.2 Å². The van der Waals surface area contributed by atoms with Crippen LogP contribution in [-0.2, 0) is 32.2 Å². The van der Waals surface area contributed by atoms with Crippen LogP contribution < -0.4 is 0 Å². The molecule has 0 aromatic carbocycles. The van der Waals surface area contributed by atoms with Crippen LogP contribution >= 0.6 is 0 Å². The van der Waals surface area contributed by atoms with Gasteiger partial charge >= 0.3 is 24.3 Å². The fourth-order valence-electron chi connectivity index (χ4n) is 4.17. The minimum atomic E-state index is -5.08. The molecule has 40 heavy (non-hydrogen) atoms. The second kappa shape index (κ2) is 13.9. The molecule has 0 unspecified atom stereocenters. The van der Waals surface area contributed by atoms with E-state index in [-0.39, 0.29) is 11.7 Å². The molecular formula is C24H29F6N3O7. The lowest BCUT2D eigenvalue weighted by atomic mass is 9.89. The summed E-state index contributed by atoms with van der Waals surface area (Å²) >= 11 is 0. The molecule has 4 heterocycles. The molecule has 2 aromatic rings. The molecule has 2 saturated heterocycles. The maximum Gasteiger partial charge on any atom is 0.490 e. The molecule has 10 nitrogen and oxygen atoms in total. The van der Waals surface area contributed by atoms with E-state index in [0.717, 1.165) is 55.9 Å². The van der Waals surface area contributed by atoms with Gasteiger partial charge in [0.05, 0.1) is 30.6 Å². The molecule has 0 aliphatic carbocycles. The largest absolute Gasteiger partial charge is 0.490 e. The van der Waals surface area contributed by atoms with Gasteiger partial charge in [-0.2, -0.15) is 26.3 Å². The summed E-state index contributed by atoms with van der Waals surface area (Å²) in [6, 6.07) is 3.99. The Balaban J connectivity index is 0.000000333. The maximum absolute atomic E-state index is 10.6. The molecule has 2 aliphatic heterocycles. The molecule has 2 atom stereocenters. The van der Waals surface area contributed by atoms with Gasteiger partial charge < -0.3 is 24.2 Å². The number of hydrogen-bond donors (Lipinski definition) is 2. The van der Waals surface area contributed by atoms with E-state index in [2.05, 4.69) is 15.0 Å².